The Bertz CT molecular complexity index is 619. The lowest BCUT2D eigenvalue weighted by Crippen LogP contribution is -2.16. The summed E-state index contributed by atoms with van der Waals surface area (Å²) in [6, 6.07) is 4.98. The predicted molar refractivity (Wildman–Crippen MR) is 77.5 cm³/mol. The molecule has 1 aromatic carbocycles. The number of methoxy groups -OCH3 is 1. The second-order valence-corrected chi connectivity index (χ2v) is 5.08. The van der Waals surface area contributed by atoms with Crippen LogP contribution in [-0.4, -0.2) is 33.6 Å². The molecule has 1 amide bonds. The van der Waals surface area contributed by atoms with Gasteiger partial charge < -0.3 is 15.9 Å². The number of aromatic nitrogens is 3. The molecule has 0 aliphatic heterocycles. The number of anilines is 1. The van der Waals surface area contributed by atoms with Crippen molar-refractivity contribution in [3.05, 3.63) is 29.5 Å². The minimum atomic E-state index is -0.224. The molecule has 2 rings (SSSR count). The molecule has 0 unspecified atom stereocenters. The molecule has 9 heteroatoms. The average Bonchev–Trinajstić information content (AvgIpc) is 2.82. The number of hydrogen-bond acceptors (Lipinski definition) is 6. The molecule has 0 atom stereocenters. The van der Waals surface area contributed by atoms with Crippen molar-refractivity contribution < 1.29 is 9.53 Å². The van der Waals surface area contributed by atoms with Crippen LogP contribution in [0.4, 0.5) is 5.69 Å². The summed E-state index contributed by atoms with van der Waals surface area (Å²) in [5, 5.41) is 11.1. The van der Waals surface area contributed by atoms with E-state index in [9.17, 15) is 4.79 Å². The summed E-state index contributed by atoms with van der Waals surface area (Å²) in [5.41, 5.74) is 0.514. The van der Waals surface area contributed by atoms with E-state index in [1.165, 1.54) is 29.9 Å². The third-order valence-corrected chi connectivity index (χ3v) is 3.50. The molecule has 1 heterocycles. The van der Waals surface area contributed by atoms with E-state index in [1.54, 1.807) is 18.2 Å². The largest absolute Gasteiger partial charge is 0.495 e. The minimum Gasteiger partial charge on any atom is -0.495 e. The Morgan fingerprint density at radius 1 is 1.60 bits per heavy atom. The van der Waals surface area contributed by atoms with E-state index in [0.717, 1.165) is 0 Å². The van der Waals surface area contributed by atoms with Crippen molar-refractivity contribution in [2.45, 2.75) is 5.16 Å². The summed E-state index contributed by atoms with van der Waals surface area (Å²) >= 11 is 7.06. The first-order valence-corrected chi connectivity index (χ1v) is 6.88. The predicted octanol–water partition coefficient (Wildman–Crippen LogP) is 1.38. The number of halogens is 1. The molecule has 7 nitrogen and oxygen atoms in total. The van der Waals surface area contributed by atoms with Crippen molar-refractivity contribution >= 4 is 35.0 Å². The van der Waals surface area contributed by atoms with E-state index >= 15 is 0 Å². The first-order valence-electron chi connectivity index (χ1n) is 5.51. The number of ether oxygens (including phenoxy) is 1. The molecule has 0 spiro atoms. The van der Waals surface area contributed by atoms with Crippen molar-refractivity contribution in [3.8, 4) is 5.75 Å². The third kappa shape index (κ3) is 3.55. The van der Waals surface area contributed by atoms with Gasteiger partial charge in [0.2, 0.25) is 11.1 Å². The molecular weight excluding hydrogens is 302 g/mol. The van der Waals surface area contributed by atoms with Crippen LogP contribution in [0, 0.1) is 0 Å². The number of carbonyl (C=O) groups is 1. The molecule has 20 heavy (non-hydrogen) atoms. The van der Waals surface area contributed by atoms with Gasteiger partial charge in [-0.15, -0.1) is 10.2 Å². The highest BCUT2D eigenvalue weighted by atomic mass is 35.5. The van der Waals surface area contributed by atoms with Crippen LogP contribution < -0.4 is 15.9 Å². The topological polar surface area (TPSA) is 95.1 Å². The molecule has 0 aliphatic carbocycles. The monoisotopic (exact) mass is 313 g/mol. The fourth-order valence-electron chi connectivity index (χ4n) is 1.43. The molecule has 0 radical (unpaired) electrons. The van der Waals surface area contributed by atoms with Gasteiger partial charge in [0.15, 0.2) is 0 Å². The minimum absolute atomic E-state index is 0.144. The number of amides is 1. The van der Waals surface area contributed by atoms with Crippen molar-refractivity contribution in [1.82, 2.24) is 14.9 Å². The van der Waals surface area contributed by atoms with Crippen LogP contribution in [0.25, 0.3) is 0 Å². The summed E-state index contributed by atoms with van der Waals surface area (Å²) in [5.74, 6) is 6.00. The van der Waals surface area contributed by atoms with Crippen LogP contribution in [0.2, 0.25) is 5.02 Å². The lowest BCUT2D eigenvalue weighted by molar-refractivity contribution is -0.113. The van der Waals surface area contributed by atoms with Crippen LogP contribution in [0.1, 0.15) is 0 Å². The van der Waals surface area contributed by atoms with Gasteiger partial charge in [0.05, 0.1) is 18.6 Å². The molecular formula is C11H12ClN5O2S. The fraction of sp³-hybridized carbons (Fsp3) is 0.182. The summed E-state index contributed by atoms with van der Waals surface area (Å²) in [6.07, 6.45) is 1.36. The standard InChI is InChI=1S/C11H12ClN5O2S/c1-19-9-3-2-7(12)4-8(9)15-10(18)5-20-11-16-14-6-17(11)13/h2-4,6H,5,13H2,1H3,(H,15,18). The zero-order chi connectivity index (χ0) is 14.5. The van der Waals surface area contributed by atoms with Gasteiger partial charge in [-0.3, -0.25) is 4.79 Å². The van der Waals surface area contributed by atoms with Crippen LogP contribution in [0.5, 0.6) is 5.75 Å². The summed E-state index contributed by atoms with van der Waals surface area (Å²) in [6.45, 7) is 0. The molecule has 0 aliphatic rings. The Morgan fingerprint density at radius 2 is 2.40 bits per heavy atom. The van der Waals surface area contributed by atoms with Crippen molar-refractivity contribution in [1.29, 1.82) is 0 Å². The highest BCUT2D eigenvalue weighted by molar-refractivity contribution is 7.99. The van der Waals surface area contributed by atoms with Crippen LogP contribution in [0.15, 0.2) is 29.7 Å². The van der Waals surface area contributed by atoms with Crippen molar-refractivity contribution in [2.24, 2.45) is 0 Å². The summed E-state index contributed by atoms with van der Waals surface area (Å²) < 4.78 is 6.39. The van der Waals surface area contributed by atoms with Gasteiger partial charge in [0, 0.05) is 5.02 Å². The van der Waals surface area contributed by atoms with Gasteiger partial charge >= 0.3 is 0 Å². The lowest BCUT2D eigenvalue weighted by Gasteiger charge is -2.10. The van der Waals surface area contributed by atoms with Gasteiger partial charge in [-0.25, -0.2) is 4.68 Å². The number of benzene rings is 1. The Morgan fingerprint density at radius 3 is 3.05 bits per heavy atom. The molecule has 1 aromatic heterocycles. The summed E-state index contributed by atoms with van der Waals surface area (Å²) in [7, 11) is 1.52. The maximum atomic E-state index is 11.9. The Labute approximate surface area is 124 Å². The van der Waals surface area contributed by atoms with E-state index in [-0.39, 0.29) is 11.7 Å². The van der Waals surface area contributed by atoms with Crippen molar-refractivity contribution in [2.75, 3.05) is 24.0 Å². The van der Waals surface area contributed by atoms with Crippen LogP contribution in [-0.2, 0) is 4.79 Å². The molecule has 0 fully saturated rings. The normalized spacial score (nSPS) is 10.3. The second kappa shape index (κ2) is 6.49. The maximum absolute atomic E-state index is 11.9. The van der Waals surface area contributed by atoms with Crippen molar-refractivity contribution in [3.63, 3.8) is 0 Å². The number of nitrogens with two attached hydrogens (primary N) is 1. The van der Waals surface area contributed by atoms with Gasteiger partial charge in [-0.1, -0.05) is 23.4 Å². The second-order valence-electron chi connectivity index (χ2n) is 3.70. The van der Waals surface area contributed by atoms with Gasteiger partial charge in [-0.2, -0.15) is 0 Å². The van der Waals surface area contributed by atoms with Gasteiger partial charge in [0.25, 0.3) is 0 Å². The number of nitrogens with zero attached hydrogens (tertiary/aromatic N) is 3. The molecule has 106 valence electrons. The average molecular weight is 314 g/mol. The van der Waals surface area contributed by atoms with Crippen LogP contribution in [0.3, 0.4) is 0 Å². The van der Waals surface area contributed by atoms with Gasteiger partial charge in [0.1, 0.15) is 12.1 Å². The van der Waals surface area contributed by atoms with Crippen LogP contribution >= 0.6 is 23.4 Å². The Balaban J connectivity index is 1.98. The Kier molecular flexibility index (Phi) is 4.70. The number of thioether (sulfide) groups is 1. The van der Waals surface area contributed by atoms with E-state index in [4.69, 9.17) is 22.2 Å². The number of rotatable bonds is 5. The highest BCUT2D eigenvalue weighted by Crippen LogP contribution is 2.27. The molecule has 2 aromatic rings. The van der Waals surface area contributed by atoms with E-state index in [0.29, 0.717) is 21.6 Å². The number of nitrogen functional groups attached to an aromatic ring is 1. The smallest absolute Gasteiger partial charge is 0.234 e. The first kappa shape index (κ1) is 14.5. The quantitative estimate of drug-likeness (QED) is 0.639. The molecule has 0 saturated carbocycles. The highest BCUT2D eigenvalue weighted by Gasteiger charge is 2.10. The molecule has 3 N–H and O–H groups in total. The van der Waals surface area contributed by atoms with E-state index in [1.807, 2.05) is 0 Å². The first-order chi connectivity index (χ1) is 9.60. The maximum Gasteiger partial charge on any atom is 0.234 e. The molecule has 0 saturated heterocycles. The SMILES string of the molecule is COc1ccc(Cl)cc1NC(=O)CSc1nncn1N. The molecule has 0 bridgehead atoms. The van der Waals surface area contributed by atoms with E-state index in [2.05, 4.69) is 15.5 Å². The lowest BCUT2D eigenvalue weighted by atomic mass is 10.3. The zero-order valence-electron chi connectivity index (χ0n) is 10.5. The number of nitrogens with one attached hydrogen (secondary N) is 1. The fourth-order valence-corrected chi connectivity index (χ4v) is 2.24. The Hall–Kier alpha value is -1.93. The third-order valence-electron chi connectivity index (χ3n) is 2.31. The number of carbonyl (C=O) groups excluding carboxylic acids is 1. The summed E-state index contributed by atoms with van der Waals surface area (Å²) in [4.78, 5) is 11.9. The van der Waals surface area contributed by atoms with Gasteiger partial charge in [-0.05, 0) is 18.2 Å². The van der Waals surface area contributed by atoms with E-state index < -0.39 is 0 Å². The zero-order valence-corrected chi connectivity index (χ0v) is 12.1. The number of hydrogen-bond donors (Lipinski definition) is 2.